The lowest BCUT2D eigenvalue weighted by Gasteiger charge is -2.33. The maximum Gasteiger partial charge on any atom is 0.408 e. The molecule has 4 amide bonds. The molecule has 15 nitrogen and oxygen atoms in total. The quantitative estimate of drug-likeness (QED) is 0.215. The molecule has 1 aromatic carbocycles. The number of pyridine rings is 1. The van der Waals surface area contributed by atoms with Crippen LogP contribution in [0.15, 0.2) is 42.6 Å². The number of benzene rings is 1. The molecule has 10 atom stereocenters. The monoisotopic (exact) mass is 835 g/mol. The van der Waals surface area contributed by atoms with Gasteiger partial charge in [-0.25, -0.2) is 18.2 Å². The topological polar surface area (TPSA) is 192 Å². The van der Waals surface area contributed by atoms with E-state index in [4.69, 9.17) is 18.9 Å². The predicted molar refractivity (Wildman–Crippen MR) is 217 cm³/mol. The highest BCUT2D eigenvalue weighted by Crippen LogP contribution is 2.52. The van der Waals surface area contributed by atoms with Gasteiger partial charge in [0.05, 0.1) is 24.1 Å². The lowest BCUT2D eigenvalue weighted by atomic mass is 9.88. The van der Waals surface area contributed by atoms with Crippen molar-refractivity contribution < 1.29 is 46.5 Å². The third kappa shape index (κ3) is 8.61. The van der Waals surface area contributed by atoms with Crippen molar-refractivity contribution in [1.29, 1.82) is 0 Å². The molecule has 5 fully saturated rings. The first kappa shape index (κ1) is 41.3. The molecule has 2 unspecified atom stereocenters. The van der Waals surface area contributed by atoms with E-state index >= 15 is 0 Å². The maximum atomic E-state index is 15.0. The van der Waals surface area contributed by atoms with Crippen molar-refractivity contribution >= 4 is 44.6 Å². The van der Waals surface area contributed by atoms with E-state index in [9.17, 15) is 27.6 Å². The normalized spacial score (nSPS) is 34.2. The van der Waals surface area contributed by atoms with Crippen LogP contribution in [0.2, 0.25) is 0 Å². The highest BCUT2D eigenvalue weighted by atomic mass is 32.2. The Morgan fingerprint density at radius 3 is 2.47 bits per heavy atom. The van der Waals surface area contributed by atoms with Crippen molar-refractivity contribution in [3.8, 4) is 11.6 Å². The number of methoxy groups -OCH3 is 1. The lowest BCUT2D eigenvalue weighted by Crippen LogP contribution is -2.59. The number of allylic oxidation sites excluding steroid dienone is 1. The first-order chi connectivity index (χ1) is 28.2. The number of aromatic nitrogens is 1. The molecule has 3 N–H and O–H groups in total. The molecule has 1 aromatic heterocycles. The van der Waals surface area contributed by atoms with Crippen molar-refractivity contribution in [3.05, 3.63) is 42.6 Å². The fourth-order valence-electron chi connectivity index (χ4n) is 9.41. The van der Waals surface area contributed by atoms with Crippen LogP contribution in [-0.2, 0) is 33.9 Å². The second-order valence-electron chi connectivity index (χ2n) is 18.2. The zero-order valence-electron chi connectivity index (χ0n) is 34.3. The van der Waals surface area contributed by atoms with Gasteiger partial charge in [0.25, 0.3) is 5.91 Å². The van der Waals surface area contributed by atoms with E-state index in [2.05, 4.69) is 27.3 Å². The van der Waals surface area contributed by atoms with Crippen LogP contribution in [0.1, 0.15) is 85.0 Å². The maximum absolute atomic E-state index is 15.0. The van der Waals surface area contributed by atoms with E-state index in [0.29, 0.717) is 61.9 Å². The minimum Gasteiger partial charge on any atom is -0.489 e. The Morgan fingerprint density at radius 2 is 1.75 bits per heavy atom. The zero-order valence-corrected chi connectivity index (χ0v) is 35.1. The van der Waals surface area contributed by atoms with Crippen LogP contribution in [0, 0.1) is 29.6 Å². The van der Waals surface area contributed by atoms with E-state index in [1.54, 1.807) is 20.2 Å². The molecule has 0 radical (unpaired) electrons. The smallest absolute Gasteiger partial charge is 0.408 e. The van der Waals surface area contributed by atoms with Gasteiger partial charge in [0.1, 0.15) is 42.2 Å². The van der Waals surface area contributed by atoms with Crippen LogP contribution in [0.25, 0.3) is 10.8 Å². The van der Waals surface area contributed by atoms with Crippen LogP contribution in [0.4, 0.5) is 4.79 Å². The van der Waals surface area contributed by atoms with E-state index in [0.717, 1.165) is 24.6 Å². The van der Waals surface area contributed by atoms with Gasteiger partial charge in [-0.2, -0.15) is 0 Å². The van der Waals surface area contributed by atoms with Crippen molar-refractivity contribution in [2.45, 2.75) is 120 Å². The first-order valence-corrected chi connectivity index (χ1v) is 22.7. The van der Waals surface area contributed by atoms with Crippen molar-refractivity contribution in [1.82, 2.24) is 25.2 Å². The molecule has 1 saturated heterocycles. The molecular formula is C43H57N5O10S. The number of sulfonamides is 1. The first-order valence-electron chi connectivity index (χ1n) is 21.2. The number of alkyl carbamates (subject to hydrolysis) is 1. The SMILES string of the molecule is COCCOc1cnc(O[C@@H]2C[C@H]3C(=O)N[C@]4(C(=O)NS(=O)(=O)C5(C)CC5)CC4/C=C\CC[C@@H](C)C[C@@H](C)[C@H](NC(=O)OC4C[C@@H]5C[C@@H]5C4)C(=O)N3C2)c2ccccc12. The number of amides is 4. The Bertz CT molecular complexity index is 2100. The molecule has 4 aliphatic carbocycles. The number of hydrogen-bond donors (Lipinski definition) is 3. The van der Waals surface area contributed by atoms with Gasteiger partial charge < -0.3 is 34.5 Å². The number of ether oxygens (including phenoxy) is 4. The Hall–Kier alpha value is -4.44. The molecular weight excluding hydrogens is 779 g/mol. The Labute approximate surface area is 345 Å². The Balaban J connectivity index is 1.09. The number of nitrogens with zero attached hydrogens (tertiary/aromatic N) is 2. The molecule has 59 heavy (non-hydrogen) atoms. The molecule has 2 aromatic rings. The van der Waals surface area contributed by atoms with E-state index in [1.807, 2.05) is 43.3 Å². The summed E-state index contributed by atoms with van der Waals surface area (Å²) in [6.07, 6.45) is 9.88. The van der Waals surface area contributed by atoms with Crippen LogP contribution in [0.3, 0.4) is 0 Å². The molecule has 320 valence electrons. The van der Waals surface area contributed by atoms with E-state index < -0.39 is 68.2 Å². The summed E-state index contributed by atoms with van der Waals surface area (Å²) < 4.78 is 51.2. The Morgan fingerprint density at radius 1 is 1.00 bits per heavy atom. The number of carbonyl (C=O) groups excluding carboxylic acids is 4. The molecule has 8 rings (SSSR count). The summed E-state index contributed by atoms with van der Waals surface area (Å²) >= 11 is 0. The number of hydrogen-bond acceptors (Lipinski definition) is 11. The molecule has 6 aliphatic rings. The fraction of sp³-hybridized carbons (Fsp3) is 0.651. The van der Waals surface area contributed by atoms with Gasteiger partial charge in [0.2, 0.25) is 27.7 Å². The molecule has 0 spiro atoms. The van der Waals surface area contributed by atoms with Crippen molar-refractivity contribution in [3.63, 3.8) is 0 Å². The Kier molecular flexibility index (Phi) is 11.3. The molecule has 2 aliphatic heterocycles. The van der Waals surface area contributed by atoms with Gasteiger partial charge in [-0.15, -0.1) is 0 Å². The molecule has 3 heterocycles. The van der Waals surface area contributed by atoms with Gasteiger partial charge in [-0.05, 0) is 94.4 Å². The summed E-state index contributed by atoms with van der Waals surface area (Å²) in [5.74, 6) is -0.450. The standard InChI is InChI=1S/C43H57N5O10S/c1-25-9-5-6-10-29-22-43(29,40(51)47-59(53,54)42(3)13-14-42)46-37(49)34-21-31(57-38-33-12-8-7-11-32(33)35(23-44-38)56-16-15-55-4)24-48(34)39(50)36(26(2)17-25)45-41(52)58-30-19-27-18-28(27)20-30/h6-8,10-12,23,25-31,34,36H,5,9,13-22,24H2,1-4H3,(H,45,52)(H,46,49)(H,47,51)/b10-6-/t25-,26-,27-,28+,29?,30?,31-,34+,36+,43-/m1/s1. The van der Waals surface area contributed by atoms with Crippen molar-refractivity contribution in [2.24, 2.45) is 29.6 Å². The third-order valence-electron chi connectivity index (χ3n) is 13.5. The summed E-state index contributed by atoms with van der Waals surface area (Å²) in [5.41, 5.74) is -1.53. The molecule has 16 heteroatoms. The minimum atomic E-state index is -4.00. The van der Waals surface area contributed by atoms with Crippen LogP contribution < -0.4 is 24.8 Å². The number of carbonyl (C=O) groups is 4. The summed E-state index contributed by atoms with van der Waals surface area (Å²) in [5, 5.41) is 7.28. The van der Waals surface area contributed by atoms with Gasteiger partial charge in [-0.1, -0.05) is 44.2 Å². The second-order valence-corrected chi connectivity index (χ2v) is 20.3. The van der Waals surface area contributed by atoms with Gasteiger partial charge in [-0.3, -0.25) is 19.1 Å². The second kappa shape index (κ2) is 16.2. The summed E-state index contributed by atoms with van der Waals surface area (Å²) in [6, 6.07) is 5.33. The molecule has 0 bridgehead atoms. The summed E-state index contributed by atoms with van der Waals surface area (Å²) in [4.78, 5) is 63.1. The summed E-state index contributed by atoms with van der Waals surface area (Å²) in [6.45, 7) is 6.32. The van der Waals surface area contributed by atoms with Gasteiger partial charge in [0.15, 0.2) is 0 Å². The van der Waals surface area contributed by atoms with Crippen LogP contribution >= 0.6 is 0 Å². The van der Waals surface area contributed by atoms with Gasteiger partial charge in [0, 0.05) is 30.2 Å². The average molecular weight is 836 g/mol. The zero-order chi connectivity index (χ0) is 41.7. The van der Waals surface area contributed by atoms with E-state index in [-0.39, 0.29) is 43.2 Å². The number of nitrogens with one attached hydrogen (secondary N) is 3. The fourth-order valence-corrected chi connectivity index (χ4v) is 10.7. The van der Waals surface area contributed by atoms with Gasteiger partial charge >= 0.3 is 6.09 Å². The van der Waals surface area contributed by atoms with Crippen molar-refractivity contribution in [2.75, 3.05) is 26.9 Å². The van der Waals surface area contributed by atoms with E-state index in [1.165, 1.54) is 11.3 Å². The minimum absolute atomic E-state index is 0.0181. The lowest BCUT2D eigenvalue weighted by molar-refractivity contribution is -0.142. The highest BCUT2D eigenvalue weighted by molar-refractivity contribution is 7.91. The van der Waals surface area contributed by atoms with Crippen LogP contribution in [-0.4, -0.2) is 104 Å². The number of rotatable bonds is 11. The average Bonchev–Trinajstić information content (AvgIpc) is 4.16. The highest BCUT2D eigenvalue weighted by Gasteiger charge is 2.63. The number of fused-ring (bicyclic) bond motifs is 4. The summed E-state index contributed by atoms with van der Waals surface area (Å²) in [7, 11) is -2.41. The predicted octanol–water partition coefficient (Wildman–Crippen LogP) is 4.39. The third-order valence-corrected chi connectivity index (χ3v) is 15.7. The largest absolute Gasteiger partial charge is 0.489 e. The van der Waals surface area contributed by atoms with Crippen LogP contribution in [0.5, 0.6) is 11.6 Å². The molecule has 4 saturated carbocycles.